The zero-order valence-electron chi connectivity index (χ0n) is 33.2. The lowest BCUT2D eigenvalue weighted by molar-refractivity contribution is -0.145. The molecule has 2 heterocycles. The molecule has 2 aliphatic rings. The molecule has 0 aromatic rings. The third-order valence-corrected chi connectivity index (χ3v) is 5.80. The van der Waals surface area contributed by atoms with Crippen molar-refractivity contribution < 1.29 is 81.6 Å². The van der Waals surface area contributed by atoms with E-state index in [-0.39, 0.29) is 63.1 Å². The molecule has 23 heteroatoms. The van der Waals surface area contributed by atoms with Crippen molar-refractivity contribution in [3.05, 3.63) is 24.3 Å². The maximum Gasteiger partial charge on any atom is 0.431 e. The van der Waals surface area contributed by atoms with Crippen molar-refractivity contribution in [2.75, 3.05) is 92.2 Å². The molecule has 0 saturated carbocycles. The number of nitrogens with one attached hydrogen (secondary N) is 3. The van der Waals surface area contributed by atoms with Crippen molar-refractivity contribution in [3.63, 3.8) is 0 Å². The molecule has 324 valence electrons. The number of hydrogen-bond donors (Lipinski definition) is 5. The Bertz CT molecular complexity index is 1320. The summed E-state index contributed by atoms with van der Waals surface area (Å²) in [6, 6.07) is 0. The van der Waals surface area contributed by atoms with E-state index in [9.17, 15) is 38.4 Å². The molecule has 0 aliphatic carbocycles. The number of carboxylic acid groups (broad SMARTS) is 1. The van der Waals surface area contributed by atoms with Gasteiger partial charge in [0.1, 0.15) is 11.2 Å². The van der Waals surface area contributed by atoms with Crippen molar-refractivity contribution in [3.8, 4) is 0 Å². The van der Waals surface area contributed by atoms with Crippen molar-refractivity contribution in [2.24, 2.45) is 5.73 Å². The topological polar surface area (TPSA) is 299 Å². The van der Waals surface area contributed by atoms with Crippen molar-refractivity contribution in [1.82, 2.24) is 26.1 Å². The number of hydrogen-bond acceptors (Lipinski definition) is 17. The molecular weight excluding hydrogens is 764 g/mol. The van der Waals surface area contributed by atoms with E-state index in [4.69, 9.17) is 44.1 Å². The molecule has 0 spiro atoms. The predicted molar refractivity (Wildman–Crippen MR) is 195 cm³/mol. The number of carbonyl (C=O) groups is 8. The van der Waals surface area contributed by atoms with Gasteiger partial charge in [-0.05, 0) is 41.5 Å². The summed E-state index contributed by atoms with van der Waals surface area (Å²) in [7, 11) is 0. The minimum atomic E-state index is -1.17. The highest BCUT2D eigenvalue weighted by molar-refractivity contribution is 6.13. The maximum absolute atomic E-state index is 11.5. The molecule has 23 nitrogen and oxygen atoms in total. The van der Waals surface area contributed by atoms with Crippen LogP contribution in [0.4, 0.5) is 9.59 Å². The zero-order chi connectivity index (χ0) is 43.3. The van der Waals surface area contributed by atoms with E-state index in [1.54, 1.807) is 41.5 Å². The van der Waals surface area contributed by atoms with Crippen LogP contribution in [0.15, 0.2) is 24.3 Å². The quantitative estimate of drug-likeness (QED) is 0.0467. The average Bonchev–Trinajstić information content (AvgIpc) is 3.59. The average molecular weight is 821 g/mol. The van der Waals surface area contributed by atoms with Crippen LogP contribution in [0.2, 0.25) is 0 Å². The molecule has 0 saturated heterocycles. The van der Waals surface area contributed by atoms with E-state index in [0.29, 0.717) is 46.2 Å². The second-order valence-electron chi connectivity index (χ2n) is 13.1. The van der Waals surface area contributed by atoms with Gasteiger partial charge in [-0.1, -0.05) is 0 Å². The lowest BCUT2D eigenvalue weighted by atomic mass is 10.2. The molecule has 0 aromatic carbocycles. The van der Waals surface area contributed by atoms with Crippen molar-refractivity contribution in [1.29, 1.82) is 0 Å². The first-order chi connectivity index (χ1) is 26.8. The fourth-order valence-electron chi connectivity index (χ4n) is 3.57. The fraction of sp³-hybridized carbons (Fsp3) is 0.647. The Morgan fingerprint density at radius 3 is 1.33 bits per heavy atom. The van der Waals surface area contributed by atoms with Crippen molar-refractivity contribution in [2.45, 2.75) is 52.7 Å². The molecule has 0 unspecified atom stereocenters. The Balaban J connectivity index is 0.000000912. The van der Waals surface area contributed by atoms with E-state index in [2.05, 4.69) is 10.2 Å². The molecule has 0 atom stereocenters. The highest BCUT2D eigenvalue weighted by atomic mass is 16.7. The molecule has 6 N–H and O–H groups in total. The van der Waals surface area contributed by atoms with Crippen LogP contribution in [0.1, 0.15) is 41.5 Å². The van der Waals surface area contributed by atoms with Gasteiger partial charge in [0.15, 0.2) is 13.2 Å². The molecular formula is C34H56N6O17. The van der Waals surface area contributed by atoms with Gasteiger partial charge in [0.05, 0.1) is 65.9 Å². The van der Waals surface area contributed by atoms with Gasteiger partial charge in [-0.3, -0.25) is 43.4 Å². The molecule has 57 heavy (non-hydrogen) atoms. The Morgan fingerprint density at radius 2 is 0.965 bits per heavy atom. The minimum absolute atomic E-state index is 0.193. The highest BCUT2D eigenvalue weighted by Gasteiger charge is 2.23. The first kappa shape index (κ1) is 52.0. The van der Waals surface area contributed by atoms with E-state index in [1.807, 2.05) is 11.0 Å². The van der Waals surface area contributed by atoms with Crippen LogP contribution < -0.4 is 22.0 Å². The van der Waals surface area contributed by atoms with Crippen LogP contribution >= 0.6 is 0 Å². The Hall–Kier alpha value is -5.04. The third-order valence-electron chi connectivity index (χ3n) is 5.80. The summed E-state index contributed by atoms with van der Waals surface area (Å²) < 4.78 is 30.5. The number of aliphatic carboxylic acids is 1. The number of nitrogens with zero attached hydrogens (tertiary/aromatic N) is 2. The number of carbonyl (C=O) groups excluding carboxylic acids is 7. The second kappa shape index (κ2) is 29.2. The van der Waals surface area contributed by atoms with E-state index >= 15 is 0 Å². The summed E-state index contributed by atoms with van der Waals surface area (Å²) in [5.41, 5.74) is 7.78. The van der Waals surface area contributed by atoms with Crippen molar-refractivity contribution >= 4 is 47.7 Å². The molecule has 0 fully saturated rings. The fourth-order valence-corrected chi connectivity index (χ4v) is 3.57. The molecule has 0 radical (unpaired) electrons. The van der Waals surface area contributed by atoms with E-state index < -0.39 is 41.9 Å². The summed E-state index contributed by atoms with van der Waals surface area (Å²) >= 11 is 0. The SMILES string of the molecule is CC(C)(C)OC(=O)NOCC(=O)NCCOCCOCCN1C(=O)C=CC1=O.CC(C)(C)OC(=O)NOCC(=O)O.NCCOCCOCCN1C(=O)C=CC1=O. The van der Waals surface area contributed by atoms with Gasteiger partial charge >= 0.3 is 18.2 Å². The zero-order valence-corrected chi connectivity index (χ0v) is 33.2. The number of ether oxygens (including phenoxy) is 6. The normalized spacial score (nSPS) is 13.5. The molecule has 0 aromatic heterocycles. The van der Waals surface area contributed by atoms with Gasteiger partial charge in [0, 0.05) is 37.4 Å². The maximum atomic E-state index is 11.5. The number of amides is 7. The second-order valence-corrected chi connectivity index (χ2v) is 13.1. The summed E-state index contributed by atoms with van der Waals surface area (Å²) in [4.78, 5) is 99.6. The van der Waals surface area contributed by atoms with Crippen LogP contribution in [-0.2, 0) is 66.9 Å². The molecule has 0 bridgehead atoms. The monoisotopic (exact) mass is 820 g/mol. The molecule has 7 amide bonds. The van der Waals surface area contributed by atoms with E-state index in [0.717, 1.165) is 9.80 Å². The van der Waals surface area contributed by atoms with Crippen LogP contribution in [0, 0.1) is 0 Å². The largest absolute Gasteiger partial charge is 0.479 e. The predicted octanol–water partition coefficient (Wildman–Crippen LogP) is -1.05. The number of hydroxylamine groups is 2. The lowest BCUT2D eigenvalue weighted by Crippen LogP contribution is -2.37. The van der Waals surface area contributed by atoms with Gasteiger partial charge < -0.3 is 44.6 Å². The first-order valence-corrected chi connectivity index (χ1v) is 17.5. The third kappa shape index (κ3) is 29.9. The van der Waals surface area contributed by atoms with Crippen LogP contribution in [0.3, 0.4) is 0 Å². The van der Waals surface area contributed by atoms with Crippen LogP contribution in [-0.4, -0.2) is 166 Å². The van der Waals surface area contributed by atoms with Gasteiger partial charge in [0.25, 0.3) is 23.6 Å². The summed E-state index contributed by atoms with van der Waals surface area (Å²) in [5, 5.41) is 10.7. The smallest absolute Gasteiger partial charge is 0.431 e. The Morgan fingerprint density at radius 1 is 0.596 bits per heavy atom. The minimum Gasteiger partial charge on any atom is -0.479 e. The van der Waals surface area contributed by atoms with Gasteiger partial charge in [-0.25, -0.2) is 14.4 Å². The molecule has 2 aliphatic heterocycles. The summed E-state index contributed by atoms with van der Waals surface area (Å²) in [6.07, 6.45) is 3.36. The Labute approximate surface area is 330 Å². The van der Waals surface area contributed by atoms with Gasteiger partial charge in [-0.15, -0.1) is 0 Å². The molecule has 2 rings (SSSR count). The summed E-state index contributed by atoms with van der Waals surface area (Å²) in [6.45, 7) is 13.3. The number of rotatable bonds is 23. The Kier molecular flexibility index (Phi) is 26.7. The summed E-state index contributed by atoms with van der Waals surface area (Å²) in [5.74, 6) is -2.85. The highest BCUT2D eigenvalue weighted by Crippen LogP contribution is 2.07. The van der Waals surface area contributed by atoms with Crippen LogP contribution in [0.25, 0.3) is 0 Å². The number of imide groups is 2. The van der Waals surface area contributed by atoms with Crippen LogP contribution in [0.5, 0.6) is 0 Å². The number of carboxylic acids is 1. The number of nitrogens with two attached hydrogens (primary N) is 1. The van der Waals surface area contributed by atoms with E-state index in [1.165, 1.54) is 24.3 Å². The lowest BCUT2D eigenvalue weighted by Gasteiger charge is -2.19. The standard InChI is InChI=1S/C17H27N3O8.C10H16N2O4.C7H13NO5/c1-17(2,3)28-16(24)19-27-12-13(21)18-6-8-25-10-11-26-9-7-20-14(22)4-5-15(20)23;11-3-5-15-7-8-16-6-4-12-9(13)1-2-10(12)14;1-7(2,3)13-6(11)8-12-4-5(9)10/h4-5H,6-12H2,1-3H3,(H,18,21)(H,19,24);1-2H,3-8,11H2;4H2,1-3H3,(H,8,11)(H,9,10). The van der Waals surface area contributed by atoms with Gasteiger partial charge in [0.2, 0.25) is 5.91 Å². The first-order valence-electron chi connectivity index (χ1n) is 17.5. The van der Waals surface area contributed by atoms with Gasteiger partial charge in [-0.2, -0.15) is 11.0 Å².